The minimum absolute atomic E-state index is 0.0343. The van der Waals surface area contributed by atoms with E-state index >= 15 is 0 Å². The number of carboxylic acids is 1. The van der Waals surface area contributed by atoms with Crippen LogP contribution in [0.4, 0.5) is 14.9 Å². The van der Waals surface area contributed by atoms with Gasteiger partial charge in [-0.3, -0.25) is 9.80 Å². The highest BCUT2D eigenvalue weighted by Crippen LogP contribution is 2.37. The van der Waals surface area contributed by atoms with Gasteiger partial charge in [-0.25, -0.2) is 23.9 Å². The minimum atomic E-state index is -0.953. The molecule has 2 aliphatic heterocycles. The first kappa shape index (κ1) is 27.9. The minimum Gasteiger partial charge on any atom is -0.478 e. The van der Waals surface area contributed by atoms with Crippen molar-refractivity contribution in [1.29, 1.82) is 0 Å². The Morgan fingerprint density at radius 1 is 0.929 bits per heavy atom. The highest BCUT2D eigenvalue weighted by Gasteiger charge is 2.43. The molecule has 1 N–H and O–H groups in total. The van der Waals surface area contributed by atoms with Crippen molar-refractivity contribution in [3.05, 3.63) is 114 Å². The molecule has 0 unspecified atom stereocenters. The van der Waals surface area contributed by atoms with Gasteiger partial charge in [0, 0.05) is 54.2 Å². The van der Waals surface area contributed by atoms with Gasteiger partial charge in [-0.2, -0.15) is 0 Å². The number of likely N-dealkylation sites (tertiary alicyclic amines) is 1. The number of carbonyl (C=O) groups excluding carboxylic acids is 1. The maximum absolute atomic E-state index is 13.8. The summed E-state index contributed by atoms with van der Waals surface area (Å²) in [5, 5.41) is 9.67. The molecule has 214 valence electrons. The third-order valence-corrected chi connectivity index (χ3v) is 8.72. The molecular formula is C32H30FN5O3S. The Hall–Kier alpha value is -4.28. The largest absolute Gasteiger partial charge is 0.478 e. The lowest BCUT2D eigenvalue weighted by atomic mass is 9.99. The van der Waals surface area contributed by atoms with Crippen molar-refractivity contribution >= 4 is 29.4 Å². The fourth-order valence-corrected chi connectivity index (χ4v) is 6.36. The number of urea groups is 1. The number of hydrogen-bond donors (Lipinski definition) is 1. The molecule has 2 amide bonds. The molecule has 1 atom stereocenters. The van der Waals surface area contributed by atoms with Crippen LogP contribution < -0.4 is 4.90 Å². The lowest BCUT2D eigenvalue weighted by Crippen LogP contribution is -2.47. The summed E-state index contributed by atoms with van der Waals surface area (Å²) < 4.78 is 13.6. The van der Waals surface area contributed by atoms with Gasteiger partial charge in [0.05, 0.1) is 18.2 Å². The van der Waals surface area contributed by atoms with E-state index in [9.17, 15) is 14.0 Å². The standard InChI is InChI=1S/C32H30FN5O3S/c33-25-8-10-26(11-9-25)37-21-29(23-4-2-1-3-5-23)38(32(37)41)27-14-16-36(17-15-27)20-22-18-34-31(35-19-22)42-28-12-6-24(7-13-28)30(39)40/h1-13,18-19,27,29H,14-17,20-21H2,(H,39,40)/t29-/m0/s1. The van der Waals surface area contributed by atoms with Crippen LogP contribution in [-0.2, 0) is 6.54 Å². The van der Waals surface area contributed by atoms with Gasteiger partial charge in [0.2, 0.25) is 0 Å². The zero-order valence-corrected chi connectivity index (χ0v) is 23.7. The maximum Gasteiger partial charge on any atom is 0.335 e. The number of nitrogens with zero attached hydrogens (tertiary/aromatic N) is 5. The Bertz CT molecular complexity index is 1530. The van der Waals surface area contributed by atoms with Gasteiger partial charge in [0.25, 0.3) is 0 Å². The number of aromatic nitrogens is 2. The van der Waals surface area contributed by atoms with Gasteiger partial charge < -0.3 is 10.0 Å². The summed E-state index contributed by atoms with van der Waals surface area (Å²) in [5.74, 6) is -1.27. The summed E-state index contributed by atoms with van der Waals surface area (Å²) in [6.45, 7) is 2.95. The molecule has 1 aromatic heterocycles. The molecule has 6 rings (SSSR count). The van der Waals surface area contributed by atoms with E-state index in [1.807, 2.05) is 35.5 Å². The van der Waals surface area contributed by atoms with E-state index in [0.29, 0.717) is 17.4 Å². The van der Waals surface area contributed by atoms with Crippen molar-refractivity contribution in [3.8, 4) is 0 Å². The second kappa shape index (κ2) is 12.3. The van der Waals surface area contributed by atoms with Crippen LogP contribution in [0.1, 0.15) is 40.4 Å². The first-order valence-electron chi connectivity index (χ1n) is 13.9. The summed E-state index contributed by atoms with van der Waals surface area (Å²) in [6.07, 6.45) is 5.38. The van der Waals surface area contributed by atoms with E-state index in [1.165, 1.54) is 23.9 Å². The molecule has 2 aliphatic rings. The average Bonchev–Trinajstić information content (AvgIpc) is 3.36. The zero-order valence-electron chi connectivity index (χ0n) is 22.8. The molecule has 3 heterocycles. The van der Waals surface area contributed by atoms with Crippen LogP contribution >= 0.6 is 11.8 Å². The third-order valence-electron chi connectivity index (χ3n) is 7.81. The van der Waals surface area contributed by atoms with E-state index in [4.69, 9.17) is 5.11 Å². The highest BCUT2D eigenvalue weighted by atomic mass is 32.2. The van der Waals surface area contributed by atoms with E-state index in [-0.39, 0.29) is 29.5 Å². The van der Waals surface area contributed by atoms with Crippen LogP contribution in [0.2, 0.25) is 0 Å². The molecule has 0 aliphatic carbocycles. The number of carbonyl (C=O) groups is 2. The van der Waals surface area contributed by atoms with Gasteiger partial charge in [0.1, 0.15) is 5.82 Å². The highest BCUT2D eigenvalue weighted by molar-refractivity contribution is 7.99. The number of hydrogen-bond acceptors (Lipinski definition) is 6. The first-order valence-corrected chi connectivity index (χ1v) is 14.7. The first-order chi connectivity index (χ1) is 20.4. The quantitative estimate of drug-likeness (QED) is 0.250. The topological polar surface area (TPSA) is 89.9 Å². The fourth-order valence-electron chi connectivity index (χ4n) is 5.66. The number of aromatic carboxylic acids is 1. The number of carboxylic acid groups (broad SMARTS) is 1. The molecule has 2 saturated heterocycles. The normalized spacial score (nSPS) is 18.0. The van der Waals surface area contributed by atoms with Crippen molar-refractivity contribution in [3.63, 3.8) is 0 Å². The van der Waals surface area contributed by atoms with Crippen LogP contribution in [-0.4, -0.2) is 62.6 Å². The Labute approximate surface area is 247 Å². The summed E-state index contributed by atoms with van der Waals surface area (Å²) in [5.41, 5.74) is 3.07. The second-order valence-corrected chi connectivity index (χ2v) is 11.6. The Morgan fingerprint density at radius 3 is 2.24 bits per heavy atom. The van der Waals surface area contributed by atoms with Crippen molar-refractivity contribution in [2.75, 3.05) is 24.5 Å². The number of piperidine rings is 1. The molecule has 2 fully saturated rings. The molecule has 8 nitrogen and oxygen atoms in total. The predicted octanol–water partition coefficient (Wildman–Crippen LogP) is 6.11. The zero-order chi connectivity index (χ0) is 29.1. The molecule has 0 saturated carbocycles. The van der Waals surface area contributed by atoms with Crippen LogP contribution in [0.15, 0.2) is 101 Å². The van der Waals surface area contributed by atoms with Crippen LogP contribution in [0.3, 0.4) is 0 Å². The monoisotopic (exact) mass is 583 g/mol. The van der Waals surface area contributed by atoms with Gasteiger partial charge in [-0.05, 0) is 78.7 Å². The lowest BCUT2D eigenvalue weighted by Gasteiger charge is -2.39. The van der Waals surface area contributed by atoms with Gasteiger partial charge in [-0.15, -0.1) is 0 Å². The summed E-state index contributed by atoms with van der Waals surface area (Å²) in [6, 6.07) is 22.9. The molecule has 0 spiro atoms. The molecule has 0 radical (unpaired) electrons. The third kappa shape index (κ3) is 6.14. The molecule has 0 bridgehead atoms. The number of amides is 2. The smallest absolute Gasteiger partial charge is 0.335 e. The molecule has 4 aromatic rings. The number of benzene rings is 3. The van der Waals surface area contributed by atoms with Crippen molar-refractivity contribution in [1.82, 2.24) is 19.8 Å². The van der Waals surface area contributed by atoms with Crippen molar-refractivity contribution in [2.24, 2.45) is 0 Å². The fraction of sp³-hybridized carbons (Fsp3) is 0.250. The van der Waals surface area contributed by atoms with Crippen LogP contribution in [0.5, 0.6) is 0 Å². The molecular weight excluding hydrogens is 553 g/mol. The van der Waals surface area contributed by atoms with Gasteiger partial charge in [0.15, 0.2) is 5.16 Å². The number of halogens is 1. The Balaban J connectivity index is 1.08. The van der Waals surface area contributed by atoms with E-state index < -0.39 is 5.97 Å². The molecule has 3 aromatic carbocycles. The van der Waals surface area contributed by atoms with E-state index in [1.54, 1.807) is 41.3 Å². The Morgan fingerprint density at radius 2 is 1.60 bits per heavy atom. The SMILES string of the molecule is O=C(O)c1ccc(Sc2ncc(CN3CCC(N4C(=O)N(c5ccc(F)cc5)C[C@H]4c4ccccc4)CC3)cn2)cc1. The van der Waals surface area contributed by atoms with Crippen molar-refractivity contribution in [2.45, 2.75) is 41.5 Å². The number of rotatable bonds is 8. The predicted molar refractivity (Wildman–Crippen MR) is 158 cm³/mol. The van der Waals surface area contributed by atoms with Gasteiger partial charge in [-0.1, -0.05) is 30.3 Å². The summed E-state index contributed by atoms with van der Waals surface area (Å²) >= 11 is 1.39. The molecule has 42 heavy (non-hydrogen) atoms. The van der Waals surface area contributed by atoms with Crippen molar-refractivity contribution < 1.29 is 19.1 Å². The van der Waals surface area contributed by atoms with E-state index in [0.717, 1.165) is 48.5 Å². The second-order valence-electron chi connectivity index (χ2n) is 10.5. The number of anilines is 1. The lowest BCUT2D eigenvalue weighted by molar-refractivity contribution is 0.0696. The van der Waals surface area contributed by atoms with Crippen LogP contribution in [0, 0.1) is 5.82 Å². The van der Waals surface area contributed by atoms with Gasteiger partial charge >= 0.3 is 12.0 Å². The average molecular weight is 584 g/mol. The Kier molecular flexibility index (Phi) is 8.16. The van der Waals surface area contributed by atoms with E-state index in [2.05, 4.69) is 27.0 Å². The van der Waals surface area contributed by atoms with Crippen LogP contribution in [0.25, 0.3) is 0 Å². The summed E-state index contributed by atoms with van der Waals surface area (Å²) in [4.78, 5) is 40.8. The molecule has 10 heteroatoms. The maximum atomic E-state index is 13.8. The summed E-state index contributed by atoms with van der Waals surface area (Å²) in [7, 11) is 0.